The second kappa shape index (κ2) is 7.66. The normalized spacial score (nSPS) is 11.1. The third-order valence-corrected chi connectivity index (χ3v) is 5.02. The molecule has 0 spiro atoms. The fourth-order valence-electron chi connectivity index (χ4n) is 3.56. The molecule has 0 saturated heterocycles. The van der Waals surface area contributed by atoms with Gasteiger partial charge < -0.3 is 0 Å². The van der Waals surface area contributed by atoms with Crippen molar-refractivity contribution < 1.29 is 0 Å². The maximum atomic E-state index is 2.32. The Morgan fingerprint density at radius 1 is 0.667 bits per heavy atom. The van der Waals surface area contributed by atoms with E-state index in [-0.39, 0.29) is 0 Å². The van der Waals surface area contributed by atoms with Gasteiger partial charge in [0.2, 0.25) is 0 Å². The van der Waals surface area contributed by atoms with Crippen LogP contribution in [-0.2, 0) is 6.42 Å². The lowest BCUT2D eigenvalue weighted by molar-refractivity contribution is 0.667. The zero-order valence-corrected chi connectivity index (χ0v) is 15.2. The Morgan fingerprint density at radius 3 is 1.88 bits per heavy atom. The van der Waals surface area contributed by atoms with Gasteiger partial charge in [-0.1, -0.05) is 80.8 Å². The van der Waals surface area contributed by atoms with Gasteiger partial charge in [0.25, 0.3) is 0 Å². The van der Waals surface area contributed by atoms with Crippen LogP contribution in [0.25, 0.3) is 22.3 Å². The summed E-state index contributed by atoms with van der Waals surface area (Å²) < 4.78 is 0. The predicted octanol–water partition coefficient (Wildman–Crippen LogP) is 7.20. The number of aryl methyl sites for hydroxylation is 3. The van der Waals surface area contributed by atoms with E-state index in [0.29, 0.717) is 0 Å². The molecule has 0 saturated carbocycles. The molecule has 2 aliphatic rings. The van der Waals surface area contributed by atoms with Gasteiger partial charge in [-0.2, -0.15) is 0 Å². The van der Waals surface area contributed by atoms with Gasteiger partial charge in [-0.05, 0) is 65.6 Å². The first-order valence-electron chi connectivity index (χ1n) is 9.28. The van der Waals surface area contributed by atoms with Gasteiger partial charge in [-0.25, -0.2) is 0 Å². The van der Waals surface area contributed by atoms with Crippen molar-refractivity contribution in [2.45, 2.75) is 52.9 Å². The van der Waals surface area contributed by atoms with Gasteiger partial charge in [0.05, 0.1) is 0 Å². The molecular formula is C24H28. The molecular weight excluding hydrogens is 288 g/mol. The summed E-state index contributed by atoms with van der Waals surface area (Å²) in [5, 5.41) is 0. The largest absolute Gasteiger partial charge is 0.0654 e. The monoisotopic (exact) mass is 316 g/mol. The van der Waals surface area contributed by atoms with Crippen LogP contribution < -0.4 is 0 Å². The molecule has 0 N–H and O–H groups in total. The van der Waals surface area contributed by atoms with Gasteiger partial charge in [0.1, 0.15) is 0 Å². The van der Waals surface area contributed by atoms with E-state index in [1.807, 2.05) is 0 Å². The lowest BCUT2D eigenvalue weighted by atomic mass is 10.0. The molecule has 0 atom stereocenters. The molecule has 0 nitrogen and oxygen atoms in total. The highest BCUT2D eigenvalue weighted by atomic mass is 14.1. The Labute approximate surface area is 146 Å². The quantitative estimate of drug-likeness (QED) is 0.422. The SMILES string of the molecule is CCCCCCc1ccc(-c2cc(C)c3cccc-3c(C)c2)cc1. The first-order chi connectivity index (χ1) is 11.7. The van der Waals surface area contributed by atoms with Crippen molar-refractivity contribution in [3.63, 3.8) is 0 Å². The third-order valence-electron chi connectivity index (χ3n) is 5.02. The smallest absolute Gasteiger partial charge is 0.0152 e. The van der Waals surface area contributed by atoms with Crippen molar-refractivity contribution in [2.24, 2.45) is 0 Å². The van der Waals surface area contributed by atoms with E-state index in [1.54, 1.807) is 0 Å². The Bertz CT molecular complexity index is 728. The Balaban J connectivity index is 1.84. The van der Waals surface area contributed by atoms with E-state index in [9.17, 15) is 0 Å². The highest BCUT2D eigenvalue weighted by Crippen LogP contribution is 2.32. The maximum Gasteiger partial charge on any atom is -0.0152 e. The first kappa shape index (κ1) is 16.8. The summed E-state index contributed by atoms with van der Waals surface area (Å²) in [6.07, 6.45) is 6.52. The minimum absolute atomic E-state index is 1.20. The Kier molecular flexibility index (Phi) is 5.35. The number of rotatable bonds is 6. The van der Waals surface area contributed by atoms with Crippen molar-refractivity contribution in [1.29, 1.82) is 0 Å². The number of benzene rings is 1. The molecule has 124 valence electrons. The van der Waals surface area contributed by atoms with Crippen molar-refractivity contribution in [2.75, 3.05) is 0 Å². The molecule has 0 bridgehead atoms. The minimum atomic E-state index is 1.20. The van der Waals surface area contributed by atoms with E-state index in [1.165, 1.54) is 71.0 Å². The lowest BCUT2D eigenvalue weighted by Gasteiger charge is -2.04. The molecule has 0 aliphatic heterocycles. The van der Waals surface area contributed by atoms with E-state index in [0.717, 1.165) is 0 Å². The molecule has 0 unspecified atom stereocenters. The molecule has 1 aromatic rings. The van der Waals surface area contributed by atoms with Crippen LogP contribution in [0, 0.1) is 13.8 Å². The van der Waals surface area contributed by atoms with Crippen molar-refractivity contribution in [1.82, 2.24) is 0 Å². The summed E-state index contributed by atoms with van der Waals surface area (Å²) in [5.74, 6) is 0. The summed E-state index contributed by atoms with van der Waals surface area (Å²) in [7, 11) is 0. The maximum absolute atomic E-state index is 2.32. The molecule has 1 aromatic carbocycles. The first-order valence-corrected chi connectivity index (χ1v) is 9.28. The summed E-state index contributed by atoms with van der Waals surface area (Å²) >= 11 is 0. The van der Waals surface area contributed by atoms with E-state index in [2.05, 4.69) is 75.4 Å². The fourth-order valence-corrected chi connectivity index (χ4v) is 3.56. The molecule has 0 aromatic heterocycles. The lowest BCUT2D eigenvalue weighted by Crippen LogP contribution is -1.86. The summed E-state index contributed by atoms with van der Waals surface area (Å²) in [6.45, 7) is 6.70. The van der Waals surface area contributed by atoms with Crippen LogP contribution in [0.15, 0.2) is 54.6 Å². The number of hydrogen-bond donors (Lipinski definition) is 0. The second-order valence-corrected chi connectivity index (χ2v) is 6.97. The summed E-state index contributed by atoms with van der Waals surface area (Å²) in [5.41, 5.74) is 9.53. The van der Waals surface area contributed by atoms with Crippen LogP contribution in [0.5, 0.6) is 0 Å². The fraction of sp³-hybridized carbons (Fsp3) is 0.333. The van der Waals surface area contributed by atoms with Gasteiger partial charge in [0, 0.05) is 0 Å². The molecule has 0 heterocycles. The highest BCUT2D eigenvalue weighted by molar-refractivity contribution is 5.77. The van der Waals surface area contributed by atoms with Gasteiger partial charge in [-0.15, -0.1) is 0 Å². The number of hydrogen-bond acceptors (Lipinski definition) is 0. The van der Waals surface area contributed by atoms with Gasteiger partial charge >= 0.3 is 0 Å². The molecule has 0 amide bonds. The van der Waals surface area contributed by atoms with E-state index in [4.69, 9.17) is 0 Å². The summed E-state index contributed by atoms with van der Waals surface area (Å²) in [4.78, 5) is 0. The molecule has 0 radical (unpaired) electrons. The van der Waals surface area contributed by atoms with Gasteiger partial charge in [0.15, 0.2) is 0 Å². The Morgan fingerprint density at radius 2 is 1.29 bits per heavy atom. The molecule has 0 fully saturated rings. The topological polar surface area (TPSA) is 0 Å². The van der Waals surface area contributed by atoms with Crippen LogP contribution in [0.3, 0.4) is 0 Å². The highest BCUT2D eigenvalue weighted by Gasteiger charge is 2.09. The van der Waals surface area contributed by atoms with Crippen LogP contribution in [0.2, 0.25) is 0 Å². The predicted molar refractivity (Wildman–Crippen MR) is 106 cm³/mol. The minimum Gasteiger partial charge on any atom is -0.0654 e. The molecule has 24 heavy (non-hydrogen) atoms. The third kappa shape index (κ3) is 3.70. The zero-order chi connectivity index (χ0) is 16.9. The second-order valence-electron chi connectivity index (χ2n) is 6.97. The molecule has 2 aliphatic carbocycles. The number of fused-ring (bicyclic) bond motifs is 1. The average molecular weight is 316 g/mol. The van der Waals surface area contributed by atoms with E-state index >= 15 is 0 Å². The average Bonchev–Trinajstić information content (AvgIpc) is 3.05. The Hall–Kier alpha value is -2.08. The van der Waals surface area contributed by atoms with Crippen molar-refractivity contribution >= 4 is 0 Å². The van der Waals surface area contributed by atoms with Crippen LogP contribution in [0.1, 0.15) is 49.3 Å². The van der Waals surface area contributed by atoms with Crippen molar-refractivity contribution in [3.05, 3.63) is 71.3 Å². The van der Waals surface area contributed by atoms with Crippen LogP contribution in [0.4, 0.5) is 0 Å². The van der Waals surface area contributed by atoms with Crippen LogP contribution >= 0.6 is 0 Å². The number of unbranched alkanes of at least 4 members (excludes halogenated alkanes) is 3. The van der Waals surface area contributed by atoms with Crippen LogP contribution in [-0.4, -0.2) is 0 Å². The zero-order valence-electron chi connectivity index (χ0n) is 15.2. The molecule has 0 heteroatoms. The standard InChI is InChI=1S/C24H28/c1-4-5-6-7-9-20-12-14-21(15-13-20)22-16-18(2)23-10-8-11-24(23)19(3)17-22/h8,10-17H,4-7,9H2,1-3H3. The van der Waals surface area contributed by atoms with Gasteiger partial charge in [-0.3, -0.25) is 0 Å². The van der Waals surface area contributed by atoms with Crippen molar-refractivity contribution in [3.8, 4) is 22.3 Å². The molecule has 3 rings (SSSR count). The van der Waals surface area contributed by atoms with E-state index < -0.39 is 0 Å². The summed E-state index contributed by atoms with van der Waals surface area (Å²) in [6, 6.07) is 20.4.